The highest BCUT2D eigenvalue weighted by atomic mass is 16.6. The van der Waals surface area contributed by atoms with E-state index in [4.69, 9.17) is 4.74 Å². The fourth-order valence-corrected chi connectivity index (χ4v) is 1.58. The lowest BCUT2D eigenvalue weighted by atomic mass is 10.1. The van der Waals surface area contributed by atoms with E-state index < -0.39 is 17.5 Å². The van der Waals surface area contributed by atoms with Crippen LogP contribution >= 0.6 is 0 Å². The van der Waals surface area contributed by atoms with Crippen molar-refractivity contribution in [1.29, 1.82) is 0 Å². The van der Waals surface area contributed by atoms with Gasteiger partial charge in [-0.3, -0.25) is 9.59 Å². The largest absolute Gasteiger partial charge is 0.444 e. The van der Waals surface area contributed by atoms with Crippen LogP contribution in [0.3, 0.4) is 0 Å². The van der Waals surface area contributed by atoms with Gasteiger partial charge in [-0.2, -0.15) is 0 Å². The Bertz CT molecular complexity index is 306. The number of ether oxygens (including phenoxy) is 1. The minimum atomic E-state index is -0.538. The second-order valence-corrected chi connectivity index (χ2v) is 4.93. The van der Waals surface area contributed by atoms with Crippen LogP contribution in [-0.4, -0.2) is 41.8 Å². The first-order valence-electron chi connectivity index (χ1n) is 5.30. The number of nitrogens with zero attached hydrogens (tertiary/aromatic N) is 1. The molecule has 0 bridgehead atoms. The minimum Gasteiger partial charge on any atom is -0.444 e. The van der Waals surface area contributed by atoms with E-state index in [0.29, 0.717) is 19.3 Å². The smallest absolute Gasteiger partial charge is 0.410 e. The average Bonchev–Trinajstić information content (AvgIpc) is 2.62. The van der Waals surface area contributed by atoms with Crippen molar-refractivity contribution in [3.8, 4) is 0 Å². The number of hydrogen-bond acceptors (Lipinski definition) is 4. The van der Waals surface area contributed by atoms with Crippen LogP contribution in [0.15, 0.2) is 0 Å². The second kappa shape index (κ2) is 4.63. The maximum absolute atomic E-state index is 11.6. The molecule has 5 nitrogen and oxygen atoms in total. The van der Waals surface area contributed by atoms with Crippen LogP contribution in [0.25, 0.3) is 0 Å². The lowest BCUT2D eigenvalue weighted by Gasteiger charge is -2.24. The summed E-state index contributed by atoms with van der Waals surface area (Å²) in [4.78, 5) is 34.5. The number of rotatable bonds is 2. The van der Waals surface area contributed by atoms with Gasteiger partial charge in [0.1, 0.15) is 5.60 Å². The van der Waals surface area contributed by atoms with Crippen molar-refractivity contribution in [1.82, 2.24) is 4.90 Å². The highest BCUT2D eigenvalue weighted by Gasteiger charge is 2.32. The molecule has 0 saturated carbocycles. The Morgan fingerprint density at radius 1 is 1.38 bits per heavy atom. The van der Waals surface area contributed by atoms with Gasteiger partial charge in [0.15, 0.2) is 12.1 Å². The van der Waals surface area contributed by atoms with Gasteiger partial charge in [-0.05, 0) is 27.2 Å². The molecular weight excluding hydrogens is 210 g/mol. The molecule has 0 aliphatic carbocycles. The van der Waals surface area contributed by atoms with Crippen LogP contribution in [0, 0.1) is 5.92 Å². The monoisotopic (exact) mass is 227 g/mol. The fourth-order valence-electron chi connectivity index (χ4n) is 1.58. The number of amides is 1. The van der Waals surface area contributed by atoms with E-state index in [2.05, 4.69) is 0 Å². The molecule has 0 aromatic rings. The van der Waals surface area contributed by atoms with Gasteiger partial charge in [0.25, 0.3) is 0 Å². The molecule has 1 fully saturated rings. The maximum Gasteiger partial charge on any atom is 0.410 e. The number of Topliss-reactive ketones (excluding diaryl/α,β-unsaturated/α-hetero) is 1. The third kappa shape index (κ3) is 3.32. The van der Waals surface area contributed by atoms with Crippen LogP contribution < -0.4 is 0 Å². The van der Waals surface area contributed by atoms with Gasteiger partial charge in [0, 0.05) is 19.0 Å². The summed E-state index contributed by atoms with van der Waals surface area (Å²) < 4.78 is 5.17. The van der Waals surface area contributed by atoms with E-state index in [1.165, 1.54) is 4.90 Å². The summed E-state index contributed by atoms with van der Waals surface area (Å²) in [5.41, 5.74) is -0.538. The lowest BCUT2D eigenvalue weighted by molar-refractivity contribution is -0.132. The molecule has 90 valence electrons. The van der Waals surface area contributed by atoms with E-state index in [9.17, 15) is 14.4 Å². The van der Waals surface area contributed by atoms with Gasteiger partial charge in [-0.25, -0.2) is 4.79 Å². The Morgan fingerprint density at radius 2 is 2.00 bits per heavy atom. The molecule has 1 aliphatic rings. The van der Waals surface area contributed by atoms with Gasteiger partial charge in [-0.1, -0.05) is 0 Å². The second-order valence-electron chi connectivity index (χ2n) is 4.93. The van der Waals surface area contributed by atoms with Crippen molar-refractivity contribution in [2.45, 2.75) is 32.8 Å². The molecule has 0 N–H and O–H groups in total. The van der Waals surface area contributed by atoms with Crippen molar-refractivity contribution >= 4 is 18.2 Å². The standard InChI is InChI=1S/C11H17NO4/c1-11(2,3)16-10(15)12-5-4-8(6-12)9(14)7-13/h7-8H,4-6H2,1-3H3/t8-/m0/s1. The van der Waals surface area contributed by atoms with Crippen LogP contribution in [0.4, 0.5) is 4.79 Å². The summed E-state index contributed by atoms with van der Waals surface area (Å²) in [7, 11) is 0. The molecule has 1 heterocycles. The predicted octanol–water partition coefficient (Wildman–Crippen LogP) is 1.01. The molecule has 0 radical (unpaired) electrons. The van der Waals surface area contributed by atoms with Crippen molar-refractivity contribution in [2.24, 2.45) is 5.92 Å². The van der Waals surface area contributed by atoms with Crippen molar-refractivity contribution in [3.05, 3.63) is 0 Å². The van der Waals surface area contributed by atoms with Crippen molar-refractivity contribution in [3.63, 3.8) is 0 Å². The van der Waals surface area contributed by atoms with Crippen molar-refractivity contribution < 1.29 is 19.1 Å². The predicted molar refractivity (Wildman–Crippen MR) is 57.0 cm³/mol. The summed E-state index contributed by atoms with van der Waals surface area (Å²) in [5, 5.41) is 0. The summed E-state index contributed by atoms with van der Waals surface area (Å²) in [5.74, 6) is -0.795. The quantitative estimate of drug-likeness (QED) is 0.521. The normalized spacial score (nSPS) is 20.7. The van der Waals surface area contributed by atoms with E-state index in [0.717, 1.165) is 0 Å². The summed E-state index contributed by atoms with van der Waals surface area (Å²) in [6.07, 6.45) is 0.439. The molecular formula is C11H17NO4. The molecule has 1 atom stereocenters. The number of carbonyl (C=O) groups excluding carboxylic acids is 3. The Labute approximate surface area is 94.7 Å². The lowest BCUT2D eigenvalue weighted by Crippen LogP contribution is -2.35. The molecule has 0 aromatic carbocycles. The van der Waals surface area contributed by atoms with Gasteiger partial charge in [0.05, 0.1) is 0 Å². The molecule has 0 unspecified atom stereocenters. The molecule has 1 rings (SSSR count). The van der Waals surface area contributed by atoms with Crippen LogP contribution in [-0.2, 0) is 14.3 Å². The SMILES string of the molecule is CC(C)(C)OC(=O)N1CC[C@H](C(=O)C=O)C1. The number of aldehydes is 1. The van der Waals surface area contributed by atoms with Gasteiger partial charge < -0.3 is 9.64 Å². The average molecular weight is 227 g/mol. The fraction of sp³-hybridized carbons (Fsp3) is 0.727. The molecule has 16 heavy (non-hydrogen) atoms. The molecule has 1 saturated heterocycles. The zero-order valence-corrected chi connectivity index (χ0v) is 9.86. The molecule has 1 aliphatic heterocycles. The molecule has 1 amide bonds. The highest BCUT2D eigenvalue weighted by molar-refractivity contribution is 6.26. The Morgan fingerprint density at radius 3 is 2.50 bits per heavy atom. The number of ketones is 1. The van der Waals surface area contributed by atoms with E-state index in [-0.39, 0.29) is 12.5 Å². The van der Waals surface area contributed by atoms with E-state index in [1.54, 1.807) is 20.8 Å². The zero-order valence-electron chi connectivity index (χ0n) is 9.86. The summed E-state index contributed by atoms with van der Waals surface area (Å²) in [6, 6.07) is 0. The van der Waals surface area contributed by atoms with Gasteiger partial charge >= 0.3 is 6.09 Å². The van der Waals surface area contributed by atoms with Gasteiger partial charge in [-0.15, -0.1) is 0 Å². The topological polar surface area (TPSA) is 63.7 Å². The number of carbonyl (C=O) groups is 3. The van der Waals surface area contributed by atoms with Crippen LogP contribution in [0.5, 0.6) is 0 Å². The van der Waals surface area contributed by atoms with E-state index in [1.807, 2.05) is 0 Å². The Balaban J connectivity index is 2.50. The third-order valence-electron chi connectivity index (χ3n) is 2.36. The van der Waals surface area contributed by atoms with E-state index >= 15 is 0 Å². The Kier molecular flexibility index (Phi) is 3.67. The molecule has 5 heteroatoms. The first-order valence-corrected chi connectivity index (χ1v) is 5.30. The number of likely N-dealkylation sites (tertiary alicyclic amines) is 1. The third-order valence-corrected chi connectivity index (χ3v) is 2.36. The summed E-state index contributed by atoms with van der Waals surface area (Å²) >= 11 is 0. The van der Waals surface area contributed by atoms with Crippen molar-refractivity contribution in [2.75, 3.05) is 13.1 Å². The Hall–Kier alpha value is -1.39. The number of hydrogen-bond donors (Lipinski definition) is 0. The van der Waals surface area contributed by atoms with Crippen LogP contribution in [0.2, 0.25) is 0 Å². The molecule has 0 aromatic heterocycles. The summed E-state index contributed by atoms with van der Waals surface area (Å²) in [6.45, 7) is 6.12. The van der Waals surface area contributed by atoms with Gasteiger partial charge in [0.2, 0.25) is 0 Å². The first kappa shape index (κ1) is 12.7. The minimum absolute atomic E-state index is 0.284. The van der Waals surface area contributed by atoms with Crippen LogP contribution in [0.1, 0.15) is 27.2 Å². The maximum atomic E-state index is 11.6. The zero-order chi connectivity index (χ0) is 12.3. The highest BCUT2D eigenvalue weighted by Crippen LogP contribution is 2.19. The molecule has 0 spiro atoms. The first-order chi connectivity index (χ1) is 7.33.